The zero-order valence-electron chi connectivity index (χ0n) is 14.4. The van der Waals surface area contributed by atoms with Crippen LogP contribution in [-0.4, -0.2) is 31.9 Å². The van der Waals surface area contributed by atoms with Crippen LogP contribution >= 0.6 is 0 Å². The summed E-state index contributed by atoms with van der Waals surface area (Å²) in [5.41, 5.74) is 1.01. The summed E-state index contributed by atoms with van der Waals surface area (Å²) >= 11 is 0. The first-order valence-corrected chi connectivity index (χ1v) is 10.5. The Balaban J connectivity index is 1.45. The molecule has 1 aromatic carbocycles. The molecular weight excluding hydrogens is 338 g/mol. The third-order valence-electron chi connectivity index (χ3n) is 4.71. The van der Waals surface area contributed by atoms with E-state index in [4.69, 9.17) is 4.52 Å². The molecule has 6 nitrogen and oxygen atoms in total. The van der Waals surface area contributed by atoms with E-state index in [0.717, 1.165) is 49.4 Å². The smallest absolute Gasteiger partial charge is 0.211 e. The van der Waals surface area contributed by atoms with E-state index in [1.807, 2.05) is 36.4 Å². The van der Waals surface area contributed by atoms with Gasteiger partial charge in [0.2, 0.25) is 10.0 Å². The van der Waals surface area contributed by atoms with Gasteiger partial charge in [-0.15, -0.1) is 0 Å². The van der Waals surface area contributed by atoms with Crippen molar-refractivity contribution >= 4 is 15.8 Å². The number of benzene rings is 1. The van der Waals surface area contributed by atoms with Gasteiger partial charge in [0.15, 0.2) is 11.6 Å². The third kappa shape index (κ3) is 5.06. The molecule has 0 saturated heterocycles. The lowest BCUT2D eigenvalue weighted by Crippen LogP contribution is -2.39. The van der Waals surface area contributed by atoms with Gasteiger partial charge in [0.25, 0.3) is 0 Å². The number of nitrogens with zero attached hydrogens (tertiary/aromatic N) is 1. The summed E-state index contributed by atoms with van der Waals surface area (Å²) in [6.45, 7) is 2.49. The highest BCUT2D eigenvalue weighted by Gasteiger charge is 2.24. The molecule has 1 aliphatic rings. The zero-order valence-corrected chi connectivity index (χ0v) is 15.3. The van der Waals surface area contributed by atoms with Gasteiger partial charge >= 0.3 is 0 Å². The molecule has 7 heteroatoms. The van der Waals surface area contributed by atoms with Gasteiger partial charge in [-0.2, -0.15) is 0 Å². The highest BCUT2D eigenvalue weighted by atomic mass is 32.2. The predicted octanol–water partition coefficient (Wildman–Crippen LogP) is 3.25. The van der Waals surface area contributed by atoms with Crippen molar-refractivity contribution in [3.8, 4) is 11.3 Å². The molecule has 136 valence electrons. The van der Waals surface area contributed by atoms with Crippen LogP contribution < -0.4 is 10.0 Å². The fraction of sp³-hybridized carbons (Fsp3) is 0.500. The molecule has 0 unspecified atom stereocenters. The molecule has 1 aliphatic carbocycles. The van der Waals surface area contributed by atoms with Crippen molar-refractivity contribution in [3.63, 3.8) is 0 Å². The molecule has 0 aliphatic heterocycles. The van der Waals surface area contributed by atoms with Crippen LogP contribution in [0.4, 0.5) is 5.82 Å². The standard InChI is InChI=1S/C18H25N3O3S/c1-2-25(22,23)21-16-10-8-14(9-11-16)13-19-18-12-17(24-20-18)15-6-4-3-5-7-15/h3-7,12,14,16,21H,2,8-11,13H2,1H3,(H,19,20)/t14-,16-. The van der Waals surface area contributed by atoms with Crippen molar-refractivity contribution in [1.82, 2.24) is 9.88 Å². The molecule has 0 amide bonds. The Labute approximate surface area is 149 Å². The van der Waals surface area contributed by atoms with E-state index in [2.05, 4.69) is 15.2 Å². The average Bonchev–Trinajstić information content (AvgIpc) is 3.11. The molecule has 1 aromatic heterocycles. The van der Waals surface area contributed by atoms with E-state index in [1.165, 1.54) is 0 Å². The van der Waals surface area contributed by atoms with E-state index in [1.54, 1.807) is 6.92 Å². The topological polar surface area (TPSA) is 84.2 Å². The Kier molecular flexibility index (Phi) is 5.75. The average molecular weight is 363 g/mol. The summed E-state index contributed by atoms with van der Waals surface area (Å²) in [5.74, 6) is 2.16. The largest absolute Gasteiger partial charge is 0.367 e. The van der Waals surface area contributed by atoms with Crippen LogP contribution in [0.15, 0.2) is 40.9 Å². The molecule has 3 rings (SSSR count). The second kappa shape index (κ2) is 8.01. The van der Waals surface area contributed by atoms with Gasteiger partial charge in [0, 0.05) is 24.2 Å². The van der Waals surface area contributed by atoms with Crippen molar-refractivity contribution in [1.29, 1.82) is 0 Å². The fourth-order valence-electron chi connectivity index (χ4n) is 3.17. The molecule has 2 N–H and O–H groups in total. The van der Waals surface area contributed by atoms with Crippen LogP contribution in [0, 0.1) is 5.92 Å². The summed E-state index contributed by atoms with van der Waals surface area (Å²) < 4.78 is 31.4. The summed E-state index contributed by atoms with van der Waals surface area (Å²) in [4.78, 5) is 0. The van der Waals surface area contributed by atoms with Crippen molar-refractivity contribution in [3.05, 3.63) is 36.4 Å². The van der Waals surface area contributed by atoms with Crippen molar-refractivity contribution < 1.29 is 12.9 Å². The highest BCUT2D eigenvalue weighted by Crippen LogP contribution is 2.26. The lowest BCUT2D eigenvalue weighted by atomic mass is 9.86. The monoisotopic (exact) mass is 363 g/mol. The molecule has 0 spiro atoms. The Morgan fingerprint density at radius 2 is 1.88 bits per heavy atom. The van der Waals surface area contributed by atoms with Crippen molar-refractivity contribution in [2.45, 2.75) is 38.6 Å². The number of rotatable bonds is 7. The van der Waals surface area contributed by atoms with Gasteiger partial charge in [-0.1, -0.05) is 35.5 Å². The third-order valence-corrected chi connectivity index (χ3v) is 6.17. The van der Waals surface area contributed by atoms with Gasteiger partial charge < -0.3 is 9.84 Å². The van der Waals surface area contributed by atoms with Crippen LogP contribution in [-0.2, 0) is 10.0 Å². The van der Waals surface area contributed by atoms with Gasteiger partial charge in [-0.25, -0.2) is 13.1 Å². The van der Waals surface area contributed by atoms with Gasteiger partial charge in [-0.3, -0.25) is 0 Å². The lowest BCUT2D eigenvalue weighted by molar-refractivity contribution is 0.323. The van der Waals surface area contributed by atoms with Crippen LogP contribution in [0.25, 0.3) is 11.3 Å². The highest BCUT2D eigenvalue weighted by molar-refractivity contribution is 7.89. The Morgan fingerprint density at radius 1 is 1.16 bits per heavy atom. The first kappa shape index (κ1) is 17.9. The van der Waals surface area contributed by atoms with Crippen LogP contribution in [0.5, 0.6) is 0 Å². The van der Waals surface area contributed by atoms with E-state index < -0.39 is 10.0 Å². The van der Waals surface area contributed by atoms with E-state index in [-0.39, 0.29) is 11.8 Å². The summed E-state index contributed by atoms with van der Waals surface area (Å²) in [5, 5.41) is 7.41. The number of hydrogen-bond acceptors (Lipinski definition) is 5. The lowest BCUT2D eigenvalue weighted by Gasteiger charge is -2.28. The second-order valence-electron chi connectivity index (χ2n) is 6.56. The normalized spacial score (nSPS) is 21.2. The minimum atomic E-state index is -3.10. The quantitative estimate of drug-likeness (QED) is 0.789. The molecule has 1 heterocycles. The molecule has 0 radical (unpaired) electrons. The van der Waals surface area contributed by atoms with Crippen LogP contribution in [0.3, 0.4) is 0 Å². The minimum Gasteiger partial charge on any atom is -0.367 e. The first-order chi connectivity index (χ1) is 12.1. The Hall–Kier alpha value is -1.86. The Morgan fingerprint density at radius 3 is 2.56 bits per heavy atom. The van der Waals surface area contributed by atoms with E-state index in [9.17, 15) is 8.42 Å². The molecule has 0 atom stereocenters. The minimum absolute atomic E-state index is 0.0814. The number of hydrogen-bond donors (Lipinski definition) is 2. The van der Waals surface area contributed by atoms with Gasteiger partial charge in [0.1, 0.15) is 0 Å². The zero-order chi connectivity index (χ0) is 17.7. The van der Waals surface area contributed by atoms with E-state index >= 15 is 0 Å². The fourth-order valence-corrected chi connectivity index (χ4v) is 4.08. The number of nitrogens with one attached hydrogen (secondary N) is 2. The summed E-state index contributed by atoms with van der Waals surface area (Å²) in [7, 11) is -3.10. The van der Waals surface area contributed by atoms with E-state index in [0.29, 0.717) is 5.92 Å². The maximum atomic E-state index is 11.6. The summed E-state index contributed by atoms with van der Waals surface area (Å²) in [6.07, 6.45) is 3.79. The SMILES string of the molecule is CCS(=O)(=O)N[C@H]1CC[C@H](CNc2cc(-c3ccccc3)on2)CC1. The Bertz CT molecular complexity index is 766. The molecule has 2 aromatic rings. The molecule has 25 heavy (non-hydrogen) atoms. The number of anilines is 1. The first-order valence-electron chi connectivity index (χ1n) is 8.82. The molecule has 1 fully saturated rings. The summed E-state index contributed by atoms with van der Waals surface area (Å²) in [6, 6.07) is 11.9. The maximum absolute atomic E-state index is 11.6. The van der Waals surface area contributed by atoms with Crippen LogP contribution in [0.1, 0.15) is 32.6 Å². The van der Waals surface area contributed by atoms with Gasteiger partial charge in [0.05, 0.1) is 5.75 Å². The predicted molar refractivity (Wildman–Crippen MR) is 98.8 cm³/mol. The van der Waals surface area contributed by atoms with Crippen molar-refractivity contribution in [2.75, 3.05) is 17.6 Å². The van der Waals surface area contributed by atoms with Gasteiger partial charge in [-0.05, 0) is 38.5 Å². The molecule has 0 bridgehead atoms. The second-order valence-corrected chi connectivity index (χ2v) is 8.60. The number of sulfonamides is 1. The number of aromatic nitrogens is 1. The maximum Gasteiger partial charge on any atom is 0.211 e. The molecular formula is C18H25N3O3S. The van der Waals surface area contributed by atoms with Crippen molar-refractivity contribution in [2.24, 2.45) is 5.92 Å². The van der Waals surface area contributed by atoms with Crippen LogP contribution in [0.2, 0.25) is 0 Å². The molecule has 1 saturated carbocycles.